The van der Waals surface area contributed by atoms with Gasteiger partial charge in [0.05, 0.1) is 30.5 Å². The number of amides is 1. The summed E-state index contributed by atoms with van der Waals surface area (Å²) >= 11 is 0. The van der Waals surface area contributed by atoms with Crippen LogP contribution in [0.3, 0.4) is 0 Å². The van der Waals surface area contributed by atoms with Crippen molar-refractivity contribution in [3.63, 3.8) is 0 Å². The summed E-state index contributed by atoms with van der Waals surface area (Å²) in [5.74, 6) is -0.0655. The molecule has 0 atom stereocenters. The van der Waals surface area contributed by atoms with Crippen LogP contribution in [0.4, 0.5) is 0 Å². The Kier molecular flexibility index (Phi) is 5.88. The highest BCUT2D eigenvalue weighted by Crippen LogP contribution is 2.19. The van der Waals surface area contributed by atoms with Crippen molar-refractivity contribution in [2.45, 2.75) is 25.8 Å². The van der Waals surface area contributed by atoms with Gasteiger partial charge in [0, 0.05) is 36.4 Å². The summed E-state index contributed by atoms with van der Waals surface area (Å²) in [6, 6.07) is 10.9. The first-order chi connectivity index (χ1) is 12.7. The first kappa shape index (κ1) is 17.5. The van der Waals surface area contributed by atoms with Gasteiger partial charge >= 0.3 is 0 Å². The van der Waals surface area contributed by atoms with Crippen molar-refractivity contribution in [1.29, 1.82) is 0 Å². The van der Waals surface area contributed by atoms with Gasteiger partial charge in [-0.1, -0.05) is 30.3 Å². The number of hydrogen-bond acceptors (Lipinski definition) is 5. The highest BCUT2D eigenvalue weighted by atomic mass is 16.3. The standard InChI is InChI=1S/C20H19N3O3/c24-18(15-5-2-1-3-6-15)7-4-8-19(25)23-13-17-20(22-11-10-21-17)16-9-12-26-14-16/h1-3,5-6,9-12,14H,4,7-8,13H2,(H,23,25). The van der Waals surface area contributed by atoms with Crippen LogP contribution in [0.2, 0.25) is 0 Å². The number of Topliss-reactive ketones (excluding diaryl/α,β-unsaturated/α-hetero) is 1. The van der Waals surface area contributed by atoms with Gasteiger partial charge in [0.2, 0.25) is 5.91 Å². The summed E-state index contributed by atoms with van der Waals surface area (Å²) in [4.78, 5) is 32.6. The molecule has 0 radical (unpaired) electrons. The molecule has 0 bridgehead atoms. The van der Waals surface area contributed by atoms with E-state index in [1.807, 2.05) is 18.2 Å². The second-order valence-corrected chi connectivity index (χ2v) is 5.78. The lowest BCUT2D eigenvalue weighted by Gasteiger charge is -2.08. The zero-order valence-electron chi connectivity index (χ0n) is 14.2. The average molecular weight is 349 g/mol. The Morgan fingerprint density at radius 2 is 1.81 bits per heavy atom. The summed E-state index contributed by atoms with van der Waals surface area (Å²) in [5, 5.41) is 2.83. The van der Waals surface area contributed by atoms with Gasteiger partial charge in [-0.2, -0.15) is 0 Å². The molecule has 2 heterocycles. The molecule has 132 valence electrons. The molecular weight excluding hydrogens is 330 g/mol. The van der Waals surface area contributed by atoms with Crippen molar-refractivity contribution in [2.75, 3.05) is 0 Å². The van der Waals surface area contributed by atoms with Crippen molar-refractivity contribution < 1.29 is 14.0 Å². The van der Waals surface area contributed by atoms with Crippen LogP contribution in [0.5, 0.6) is 0 Å². The monoisotopic (exact) mass is 349 g/mol. The van der Waals surface area contributed by atoms with E-state index in [-0.39, 0.29) is 18.2 Å². The van der Waals surface area contributed by atoms with E-state index < -0.39 is 0 Å². The number of nitrogens with one attached hydrogen (secondary N) is 1. The lowest BCUT2D eigenvalue weighted by Crippen LogP contribution is -2.23. The molecule has 0 fully saturated rings. The Morgan fingerprint density at radius 1 is 1.00 bits per heavy atom. The predicted octanol–water partition coefficient (Wildman–Crippen LogP) is 3.41. The molecule has 0 aliphatic rings. The number of hydrogen-bond donors (Lipinski definition) is 1. The fraction of sp³-hybridized carbons (Fsp3) is 0.200. The van der Waals surface area contributed by atoms with Crippen LogP contribution in [0.1, 0.15) is 35.3 Å². The van der Waals surface area contributed by atoms with Crippen LogP contribution >= 0.6 is 0 Å². The number of nitrogens with zero attached hydrogens (tertiary/aromatic N) is 2. The van der Waals surface area contributed by atoms with Gasteiger partial charge in [-0.15, -0.1) is 0 Å². The Balaban J connectivity index is 1.47. The number of furan rings is 1. The molecule has 0 aliphatic heterocycles. The summed E-state index contributed by atoms with van der Waals surface area (Å²) in [5.41, 5.74) is 2.84. The molecule has 26 heavy (non-hydrogen) atoms. The number of aromatic nitrogens is 2. The lowest BCUT2D eigenvalue weighted by atomic mass is 10.1. The minimum Gasteiger partial charge on any atom is -0.472 e. The summed E-state index contributed by atoms with van der Waals surface area (Å²) in [6.07, 6.45) is 7.49. The number of carbonyl (C=O) groups is 2. The van der Waals surface area contributed by atoms with Crippen molar-refractivity contribution >= 4 is 11.7 Å². The Labute approximate surface area is 151 Å². The molecule has 0 saturated heterocycles. The molecule has 0 spiro atoms. The second kappa shape index (κ2) is 8.71. The third kappa shape index (κ3) is 4.63. The number of benzene rings is 1. The average Bonchev–Trinajstić information content (AvgIpc) is 3.22. The van der Waals surface area contributed by atoms with Crippen LogP contribution in [-0.2, 0) is 11.3 Å². The molecular formula is C20H19N3O3. The van der Waals surface area contributed by atoms with E-state index >= 15 is 0 Å². The molecule has 1 amide bonds. The van der Waals surface area contributed by atoms with E-state index in [0.717, 1.165) is 5.56 Å². The molecule has 0 unspecified atom stereocenters. The predicted molar refractivity (Wildman–Crippen MR) is 96.2 cm³/mol. The van der Waals surface area contributed by atoms with Crippen LogP contribution in [0.15, 0.2) is 65.7 Å². The van der Waals surface area contributed by atoms with Crippen LogP contribution in [-0.4, -0.2) is 21.7 Å². The van der Waals surface area contributed by atoms with E-state index in [1.165, 1.54) is 0 Å². The van der Waals surface area contributed by atoms with Crippen LogP contribution < -0.4 is 5.32 Å². The quantitative estimate of drug-likeness (QED) is 0.630. The normalized spacial score (nSPS) is 10.5. The molecule has 0 aliphatic carbocycles. The maximum absolute atomic E-state index is 12.0. The van der Waals surface area contributed by atoms with Gasteiger partial charge in [0.1, 0.15) is 0 Å². The van der Waals surface area contributed by atoms with Crippen molar-refractivity contribution in [2.24, 2.45) is 0 Å². The van der Waals surface area contributed by atoms with Gasteiger partial charge in [-0.05, 0) is 12.5 Å². The van der Waals surface area contributed by atoms with Crippen molar-refractivity contribution in [3.05, 3.63) is 72.6 Å². The number of carbonyl (C=O) groups excluding carboxylic acids is 2. The largest absolute Gasteiger partial charge is 0.472 e. The van der Waals surface area contributed by atoms with Gasteiger partial charge in [0.15, 0.2) is 5.78 Å². The summed E-state index contributed by atoms with van der Waals surface area (Å²) in [6.45, 7) is 0.278. The molecule has 2 aromatic heterocycles. The zero-order chi connectivity index (χ0) is 18.2. The molecule has 0 saturated carbocycles. The second-order valence-electron chi connectivity index (χ2n) is 5.78. The fourth-order valence-electron chi connectivity index (χ4n) is 2.59. The maximum Gasteiger partial charge on any atom is 0.220 e. The third-order valence-corrected chi connectivity index (χ3v) is 3.93. The van der Waals surface area contributed by atoms with E-state index in [9.17, 15) is 9.59 Å². The molecule has 3 aromatic rings. The Morgan fingerprint density at radius 3 is 2.58 bits per heavy atom. The van der Waals surface area contributed by atoms with Gasteiger partial charge in [0.25, 0.3) is 0 Å². The van der Waals surface area contributed by atoms with Gasteiger partial charge in [-0.25, -0.2) is 0 Å². The summed E-state index contributed by atoms with van der Waals surface area (Å²) < 4.78 is 5.07. The first-order valence-corrected chi connectivity index (χ1v) is 8.41. The highest BCUT2D eigenvalue weighted by molar-refractivity contribution is 5.96. The van der Waals surface area contributed by atoms with Crippen LogP contribution in [0, 0.1) is 0 Å². The molecule has 6 nitrogen and oxygen atoms in total. The van der Waals surface area contributed by atoms with Crippen LogP contribution in [0.25, 0.3) is 11.3 Å². The van der Waals surface area contributed by atoms with E-state index in [2.05, 4.69) is 15.3 Å². The fourth-order valence-corrected chi connectivity index (χ4v) is 2.59. The lowest BCUT2D eigenvalue weighted by molar-refractivity contribution is -0.121. The Hall–Kier alpha value is -3.28. The van der Waals surface area contributed by atoms with E-state index in [0.29, 0.717) is 36.2 Å². The maximum atomic E-state index is 12.0. The smallest absolute Gasteiger partial charge is 0.220 e. The van der Waals surface area contributed by atoms with E-state index in [4.69, 9.17) is 4.42 Å². The third-order valence-electron chi connectivity index (χ3n) is 3.93. The SMILES string of the molecule is O=C(CCCC(=O)c1ccccc1)NCc1nccnc1-c1ccoc1. The van der Waals surface area contributed by atoms with Gasteiger partial charge < -0.3 is 9.73 Å². The molecule has 3 rings (SSSR count). The van der Waals surface area contributed by atoms with Crippen molar-refractivity contribution in [3.8, 4) is 11.3 Å². The highest BCUT2D eigenvalue weighted by Gasteiger charge is 2.11. The minimum absolute atomic E-state index is 0.0505. The topological polar surface area (TPSA) is 85.1 Å². The molecule has 1 N–H and O–H groups in total. The number of ketones is 1. The molecule has 1 aromatic carbocycles. The molecule has 6 heteroatoms. The van der Waals surface area contributed by atoms with Crippen molar-refractivity contribution in [1.82, 2.24) is 15.3 Å². The minimum atomic E-state index is -0.116. The van der Waals surface area contributed by atoms with Gasteiger partial charge in [-0.3, -0.25) is 19.6 Å². The Bertz CT molecular complexity index is 861. The first-order valence-electron chi connectivity index (χ1n) is 8.41. The zero-order valence-corrected chi connectivity index (χ0v) is 14.2. The van der Waals surface area contributed by atoms with E-state index in [1.54, 1.807) is 43.1 Å². The number of rotatable bonds is 8. The summed E-state index contributed by atoms with van der Waals surface area (Å²) in [7, 11) is 0.